The minimum atomic E-state index is 0.775. The maximum Gasteiger partial charge on any atom is 0.0887 e. The Morgan fingerprint density at radius 1 is 1.53 bits per heavy atom. The summed E-state index contributed by atoms with van der Waals surface area (Å²) < 4.78 is 1.06. The van der Waals surface area contributed by atoms with Gasteiger partial charge in [0.25, 0.3) is 0 Å². The molecule has 1 aromatic rings. The largest absolute Gasteiger partial charge is 0.320 e. The molecule has 1 heterocycles. The van der Waals surface area contributed by atoms with E-state index in [9.17, 15) is 0 Å². The predicted molar refractivity (Wildman–Crippen MR) is 73.1 cm³/mol. The van der Waals surface area contributed by atoms with Gasteiger partial charge < -0.3 is 5.32 Å². The van der Waals surface area contributed by atoms with Crippen LogP contribution in [0.5, 0.6) is 0 Å². The van der Waals surface area contributed by atoms with Crippen molar-refractivity contribution in [3.8, 4) is 0 Å². The Hall–Kier alpha value is 0.430. The second-order valence-electron chi connectivity index (χ2n) is 3.87. The Morgan fingerprint density at radius 3 is 2.80 bits per heavy atom. The number of aryl methyl sites for hydroxylation is 1. The van der Waals surface area contributed by atoms with Crippen molar-refractivity contribution in [2.24, 2.45) is 5.92 Å². The van der Waals surface area contributed by atoms with Crippen LogP contribution >= 0.6 is 38.9 Å². The Morgan fingerprint density at radius 2 is 2.27 bits per heavy atom. The van der Waals surface area contributed by atoms with E-state index >= 15 is 0 Å². The van der Waals surface area contributed by atoms with Crippen molar-refractivity contribution in [3.05, 3.63) is 19.8 Å². The normalized spacial score (nSPS) is 13.1. The summed E-state index contributed by atoms with van der Waals surface area (Å²) in [5, 5.41) is 4.03. The zero-order chi connectivity index (χ0) is 11.3. The molecule has 4 heteroatoms. The fraction of sp³-hybridized carbons (Fsp3) is 0.636. The minimum Gasteiger partial charge on any atom is -0.320 e. The number of hydrogen-bond donors (Lipinski definition) is 1. The lowest BCUT2D eigenvalue weighted by Crippen LogP contribution is -2.11. The zero-order valence-electron chi connectivity index (χ0n) is 9.15. The summed E-state index contributed by atoms with van der Waals surface area (Å²) in [7, 11) is 2.00. The fourth-order valence-corrected chi connectivity index (χ4v) is 3.27. The highest BCUT2D eigenvalue weighted by molar-refractivity contribution is 9.11. The molecule has 0 aromatic carbocycles. The van der Waals surface area contributed by atoms with Gasteiger partial charge in [-0.2, -0.15) is 0 Å². The van der Waals surface area contributed by atoms with Gasteiger partial charge in [-0.15, -0.1) is 11.3 Å². The van der Waals surface area contributed by atoms with Gasteiger partial charge in [-0.3, -0.25) is 0 Å². The summed E-state index contributed by atoms with van der Waals surface area (Å²) in [5.41, 5.74) is 0. The van der Waals surface area contributed by atoms with Crippen LogP contribution in [0, 0.1) is 5.92 Å². The Labute approximate surface area is 109 Å². The third-order valence-corrected chi connectivity index (χ3v) is 5.00. The molecule has 0 spiro atoms. The molecule has 0 saturated heterocycles. The summed E-state index contributed by atoms with van der Waals surface area (Å²) >= 11 is 11.2. The molecule has 1 unspecified atom stereocenters. The van der Waals surface area contributed by atoms with Crippen LogP contribution in [0.1, 0.15) is 24.6 Å². The standard InChI is InChI=1S/C11H17BrClNS/c1-8(5-6-14-2)3-4-9-7-10(13)11(12)15-9/h7-8,14H,3-6H2,1-2H3. The summed E-state index contributed by atoms with van der Waals surface area (Å²) in [6.45, 7) is 3.41. The van der Waals surface area contributed by atoms with Gasteiger partial charge in [0.05, 0.1) is 8.81 Å². The van der Waals surface area contributed by atoms with Crippen molar-refractivity contribution in [1.29, 1.82) is 0 Å². The predicted octanol–water partition coefficient (Wildman–Crippen LogP) is 4.34. The van der Waals surface area contributed by atoms with E-state index in [2.05, 4.69) is 34.2 Å². The molecule has 1 nitrogen and oxygen atoms in total. The van der Waals surface area contributed by atoms with E-state index in [0.29, 0.717) is 0 Å². The topological polar surface area (TPSA) is 12.0 Å². The van der Waals surface area contributed by atoms with Crippen LogP contribution in [0.25, 0.3) is 0 Å². The second kappa shape index (κ2) is 6.89. The van der Waals surface area contributed by atoms with Crippen molar-refractivity contribution >= 4 is 38.9 Å². The molecule has 1 rings (SSSR count). The molecular formula is C11H17BrClNS. The molecule has 0 aliphatic carbocycles. The molecule has 0 aliphatic heterocycles. The highest BCUT2D eigenvalue weighted by Crippen LogP contribution is 2.33. The van der Waals surface area contributed by atoms with Gasteiger partial charge in [0, 0.05) is 4.88 Å². The van der Waals surface area contributed by atoms with Crippen LogP contribution in [0.4, 0.5) is 0 Å². The maximum absolute atomic E-state index is 5.98. The first-order valence-corrected chi connectivity index (χ1v) is 7.20. The van der Waals surface area contributed by atoms with E-state index in [-0.39, 0.29) is 0 Å². The van der Waals surface area contributed by atoms with E-state index in [4.69, 9.17) is 11.6 Å². The third kappa shape index (κ3) is 4.85. The van der Waals surface area contributed by atoms with Crippen LogP contribution in [0.3, 0.4) is 0 Å². The second-order valence-corrected chi connectivity index (χ2v) is 6.73. The minimum absolute atomic E-state index is 0.775. The number of thiophene rings is 1. The summed E-state index contributed by atoms with van der Waals surface area (Å²) in [6, 6.07) is 2.07. The van der Waals surface area contributed by atoms with E-state index in [0.717, 1.165) is 27.7 Å². The molecule has 0 radical (unpaired) electrons. The van der Waals surface area contributed by atoms with Crippen LogP contribution < -0.4 is 5.32 Å². The van der Waals surface area contributed by atoms with Gasteiger partial charge in [-0.1, -0.05) is 18.5 Å². The highest BCUT2D eigenvalue weighted by atomic mass is 79.9. The van der Waals surface area contributed by atoms with E-state index in [1.807, 2.05) is 7.05 Å². The first-order chi connectivity index (χ1) is 7.13. The van der Waals surface area contributed by atoms with Crippen LogP contribution in [-0.2, 0) is 6.42 Å². The Balaban J connectivity index is 2.30. The first-order valence-electron chi connectivity index (χ1n) is 5.21. The first kappa shape index (κ1) is 13.5. The quantitative estimate of drug-likeness (QED) is 0.824. The molecule has 86 valence electrons. The SMILES string of the molecule is CNCCC(C)CCc1cc(Cl)c(Br)s1. The number of rotatable bonds is 6. The van der Waals surface area contributed by atoms with Crippen molar-refractivity contribution in [1.82, 2.24) is 5.32 Å². The molecule has 0 amide bonds. The molecule has 0 aliphatic rings. The zero-order valence-corrected chi connectivity index (χ0v) is 12.3. The molecule has 1 atom stereocenters. The average Bonchev–Trinajstić information content (AvgIpc) is 2.52. The number of hydrogen-bond acceptors (Lipinski definition) is 2. The molecule has 1 N–H and O–H groups in total. The van der Waals surface area contributed by atoms with Crippen LogP contribution in [0.2, 0.25) is 5.02 Å². The Kier molecular flexibility index (Phi) is 6.20. The average molecular weight is 311 g/mol. The third-order valence-electron chi connectivity index (χ3n) is 2.47. The van der Waals surface area contributed by atoms with Gasteiger partial charge in [0.1, 0.15) is 0 Å². The van der Waals surface area contributed by atoms with Gasteiger partial charge in [-0.05, 0) is 60.8 Å². The smallest absolute Gasteiger partial charge is 0.0887 e. The van der Waals surface area contributed by atoms with Crippen molar-refractivity contribution < 1.29 is 0 Å². The van der Waals surface area contributed by atoms with E-state index < -0.39 is 0 Å². The van der Waals surface area contributed by atoms with Gasteiger partial charge in [0.15, 0.2) is 0 Å². The Bertz CT molecular complexity index is 281. The molecule has 0 fully saturated rings. The monoisotopic (exact) mass is 309 g/mol. The van der Waals surface area contributed by atoms with E-state index in [1.54, 1.807) is 11.3 Å². The van der Waals surface area contributed by atoms with Crippen LogP contribution in [0.15, 0.2) is 9.85 Å². The summed E-state index contributed by atoms with van der Waals surface area (Å²) in [4.78, 5) is 1.38. The summed E-state index contributed by atoms with van der Waals surface area (Å²) in [5.74, 6) is 0.775. The van der Waals surface area contributed by atoms with Crippen LogP contribution in [-0.4, -0.2) is 13.6 Å². The number of halogens is 2. The van der Waals surface area contributed by atoms with Gasteiger partial charge in [-0.25, -0.2) is 0 Å². The lowest BCUT2D eigenvalue weighted by atomic mass is 10.0. The fourth-order valence-electron chi connectivity index (χ4n) is 1.44. The molecule has 0 saturated carbocycles. The number of nitrogens with one attached hydrogen (secondary N) is 1. The van der Waals surface area contributed by atoms with Gasteiger partial charge >= 0.3 is 0 Å². The molecule has 1 aromatic heterocycles. The highest BCUT2D eigenvalue weighted by Gasteiger charge is 2.07. The lowest BCUT2D eigenvalue weighted by molar-refractivity contribution is 0.483. The molecule has 15 heavy (non-hydrogen) atoms. The van der Waals surface area contributed by atoms with E-state index in [1.165, 1.54) is 17.7 Å². The van der Waals surface area contributed by atoms with Crippen molar-refractivity contribution in [3.63, 3.8) is 0 Å². The maximum atomic E-state index is 5.98. The van der Waals surface area contributed by atoms with Crippen molar-refractivity contribution in [2.45, 2.75) is 26.2 Å². The van der Waals surface area contributed by atoms with Crippen molar-refractivity contribution in [2.75, 3.05) is 13.6 Å². The van der Waals surface area contributed by atoms with Gasteiger partial charge in [0.2, 0.25) is 0 Å². The molecular weight excluding hydrogens is 294 g/mol. The lowest BCUT2D eigenvalue weighted by Gasteiger charge is -2.09. The molecule has 0 bridgehead atoms. The summed E-state index contributed by atoms with van der Waals surface area (Å²) in [6.07, 6.45) is 3.63.